The first-order valence-corrected chi connectivity index (χ1v) is 7.09. The molecule has 2 heterocycles. The van der Waals surface area contributed by atoms with Gasteiger partial charge in [0, 0.05) is 13.1 Å². The van der Waals surface area contributed by atoms with Gasteiger partial charge in [0.2, 0.25) is 0 Å². The van der Waals surface area contributed by atoms with Gasteiger partial charge >= 0.3 is 0 Å². The van der Waals surface area contributed by atoms with Gasteiger partial charge < -0.3 is 9.64 Å². The van der Waals surface area contributed by atoms with Crippen LogP contribution in [0.15, 0.2) is 41.0 Å². The smallest absolute Gasteiger partial charge is 0.133 e. The molecule has 2 aromatic rings. The molecular formula is C15H15BrN2O. The summed E-state index contributed by atoms with van der Waals surface area (Å²) in [6, 6.07) is 12.4. The van der Waals surface area contributed by atoms with Crippen LogP contribution in [0.25, 0.3) is 0 Å². The molecule has 0 unspecified atom stereocenters. The zero-order chi connectivity index (χ0) is 13.2. The van der Waals surface area contributed by atoms with E-state index >= 15 is 0 Å². The topological polar surface area (TPSA) is 25.4 Å². The van der Waals surface area contributed by atoms with Gasteiger partial charge in [-0.05, 0) is 51.7 Å². The molecule has 0 bridgehead atoms. The van der Waals surface area contributed by atoms with Gasteiger partial charge in [-0.1, -0.05) is 18.2 Å². The summed E-state index contributed by atoms with van der Waals surface area (Å²) in [5.74, 6) is 2.00. The highest BCUT2D eigenvalue weighted by Gasteiger charge is 2.20. The Morgan fingerprint density at radius 2 is 2.00 bits per heavy atom. The van der Waals surface area contributed by atoms with Crippen LogP contribution in [0, 0.1) is 0 Å². The van der Waals surface area contributed by atoms with Crippen LogP contribution in [0.5, 0.6) is 5.75 Å². The fourth-order valence-corrected chi connectivity index (χ4v) is 2.69. The lowest BCUT2D eigenvalue weighted by molar-refractivity contribution is 0.414. The van der Waals surface area contributed by atoms with Crippen molar-refractivity contribution in [3.8, 4) is 5.75 Å². The molecule has 0 spiro atoms. The Morgan fingerprint density at radius 1 is 1.21 bits per heavy atom. The van der Waals surface area contributed by atoms with E-state index in [9.17, 15) is 0 Å². The molecular weight excluding hydrogens is 304 g/mol. The molecule has 0 amide bonds. The molecule has 0 fully saturated rings. The molecule has 4 heteroatoms. The monoisotopic (exact) mass is 318 g/mol. The molecule has 3 nitrogen and oxygen atoms in total. The molecule has 0 saturated heterocycles. The number of anilines is 1. The Balaban J connectivity index is 1.80. The lowest BCUT2D eigenvalue weighted by atomic mass is 10.2. The van der Waals surface area contributed by atoms with Crippen LogP contribution >= 0.6 is 15.9 Å². The number of nitrogens with zero attached hydrogens (tertiary/aromatic N) is 2. The summed E-state index contributed by atoms with van der Waals surface area (Å²) in [6.45, 7) is 1.92. The average Bonchev–Trinajstić information content (AvgIpc) is 2.82. The minimum absolute atomic E-state index is 0.889. The SMILES string of the molecule is COc1ccc(CN2CCc3ccc(Br)nc32)cc1. The predicted molar refractivity (Wildman–Crippen MR) is 79.7 cm³/mol. The number of rotatable bonds is 3. The van der Waals surface area contributed by atoms with Crippen LogP contribution in [0.4, 0.5) is 5.82 Å². The summed E-state index contributed by atoms with van der Waals surface area (Å²) >= 11 is 3.44. The van der Waals surface area contributed by atoms with Gasteiger partial charge in [-0.2, -0.15) is 0 Å². The maximum Gasteiger partial charge on any atom is 0.133 e. The quantitative estimate of drug-likeness (QED) is 0.811. The van der Waals surface area contributed by atoms with Crippen molar-refractivity contribution in [2.45, 2.75) is 13.0 Å². The number of pyridine rings is 1. The third kappa shape index (κ3) is 2.59. The third-order valence-electron chi connectivity index (χ3n) is 3.41. The zero-order valence-electron chi connectivity index (χ0n) is 10.8. The molecule has 1 aliphatic rings. The molecule has 1 aromatic heterocycles. The standard InChI is InChI=1S/C15H15BrN2O/c1-19-13-5-2-11(3-6-13)10-18-9-8-12-4-7-14(16)17-15(12)18/h2-7H,8-10H2,1H3. The minimum atomic E-state index is 0.889. The van der Waals surface area contributed by atoms with E-state index in [-0.39, 0.29) is 0 Å². The lowest BCUT2D eigenvalue weighted by Crippen LogP contribution is -2.20. The fraction of sp³-hybridized carbons (Fsp3) is 0.267. The van der Waals surface area contributed by atoms with Crippen molar-refractivity contribution in [2.24, 2.45) is 0 Å². The van der Waals surface area contributed by atoms with Crippen molar-refractivity contribution >= 4 is 21.7 Å². The Kier molecular flexibility index (Phi) is 3.42. The summed E-state index contributed by atoms with van der Waals surface area (Å²) < 4.78 is 6.08. The Labute approximate surface area is 121 Å². The highest BCUT2D eigenvalue weighted by atomic mass is 79.9. The van der Waals surface area contributed by atoms with Crippen molar-refractivity contribution in [2.75, 3.05) is 18.6 Å². The minimum Gasteiger partial charge on any atom is -0.497 e. The van der Waals surface area contributed by atoms with E-state index in [1.54, 1.807) is 7.11 Å². The van der Waals surface area contributed by atoms with Gasteiger partial charge in [-0.25, -0.2) is 4.98 Å². The van der Waals surface area contributed by atoms with Crippen LogP contribution in [0.1, 0.15) is 11.1 Å². The first-order chi connectivity index (χ1) is 9.26. The van der Waals surface area contributed by atoms with Crippen LogP contribution in [0.3, 0.4) is 0 Å². The second kappa shape index (κ2) is 5.21. The highest BCUT2D eigenvalue weighted by Crippen LogP contribution is 2.29. The summed E-state index contributed by atoms with van der Waals surface area (Å²) in [5, 5.41) is 0. The van der Waals surface area contributed by atoms with Crippen LogP contribution < -0.4 is 9.64 Å². The largest absolute Gasteiger partial charge is 0.497 e. The molecule has 0 atom stereocenters. The van der Waals surface area contributed by atoms with Crippen LogP contribution in [-0.2, 0) is 13.0 Å². The second-order valence-corrected chi connectivity index (χ2v) is 5.45. The number of hydrogen-bond acceptors (Lipinski definition) is 3. The van der Waals surface area contributed by atoms with Gasteiger partial charge in [0.15, 0.2) is 0 Å². The molecule has 1 aliphatic heterocycles. The first kappa shape index (κ1) is 12.5. The molecule has 0 radical (unpaired) electrons. The molecule has 1 aromatic carbocycles. The molecule has 0 saturated carbocycles. The van der Waals surface area contributed by atoms with E-state index in [1.165, 1.54) is 11.1 Å². The predicted octanol–water partition coefficient (Wildman–Crippen LogP) is 3.42. The van der Waals surface area contributed by atoms with Gasteiger partial charge in [-0.15, -0.1) is 0 Å². The summed E-state index contributed by atoms with van der Waals surface area (Å²) in [4.78, 5) is 6.90. The van der Waals surface area contributed by atoms with E-state index in [0.29, 0.717) is 0 Å². The van der Waals surface area contributed by atoms with Crippen molar-refractivity contribution in [3.05, 3.63) is 52.1 Å². The van der Waals surface area contributed by atoms with E-state index in [1.807, 2.05) is 18.2 Å². The number of aromatic nitrogens is 1. The molecule has 98 valence electrons. The van der Waals surface area contributed by atoms with Gasteiger partial charge in [-0.3, -0.25) is 0 Å². The molecule has 19 heavy (non-hydrogen) atoms. The van der Waals surface area contributed by atoms with Gasteiger partial charge in [0.25, 0.3) is 0 Å². The Bertz CT molecular complexity index is 583. The summed E-state index contributed by atoms with van der Waals surface area (Å²) in [7, 11) is 1.69. The van der Waals surface area contributed by atoms with Crippen molar-refractivity contribution < 1.29 is 4.74 Å². The van der Waals surface area contributed by atoms with Crippen LogP contribution in [-0.4, -0.2) is 18.6 Å². The normalized spacial score (nSPS) is 13.5. The zero-order valence-corrected chi connectivity index (χ0v) is 12.4. The van der Waals surface area contributed by atoms with E-state index in [0.717, 1.165) is 35.7 Å². The summed E-state index contributed by atoms with van der Waals surface area (Å²) in [5.41, 5.74) is 2.60. The van der Waals surface area contributed by atoms with E-state index in [2.05, 4.69) is 44.0 Å². The number of hydrogen-bond donors (Lipinski definition) is 0. The van der Waals surface area contributed by atoms with Gasteiger partial charge in [0.1, 0.15) is 16.2 Å². The summed E-state index contributed by atoms with van der Waals surface area (Å²) in [6.07, 6.45) is 1.08. The molecule has 0 aliphatic carbocycles. The number of fused-ring (bicyclic) bond motifs is 1. The van der Waals surface area contributed by atoms with Gasteiger partial charge in [0.05, 0.1) is 7.11 Å². The molecule has 0 N–H and O–H groups in total. The highest BCUT2D eigenvalue weighted by molar-refractivity contribution is 9.10. The Morgan fingerprint density at radius 3 is 2.74 bits per heavy atom. The number of ether oxygens (including phenoxy) is 1. The Hall–Kier alpha value is -1.55. The average molecular weight is 319 g/mol. The van der Waals surface area contributed by atoms with Crippen molar-refractivity contribution in [1.29, 1.82) is 0 Å². The first-order valence-electron chi connectivity index (χ1n) is 6.29. The van der Waals surface area contributed by atoms with Crippen molar-refractivity contribution in [1.82, 2.24) is 4.98 Å². The van der Waals surface area contributed by atoms with E-state index in [4.69, 9.17) is 4.74 Å². The molecule has 3 rings (SSSR count). The van der Waals surface area contributed by atoms with Crippen LogP contribution in [0.2, 0.25) is 0 Å². The number of methoxy groups -OCH3 is 1. The number of benzene rings is 1. The van der Waals surface area contributed by atoms with E-state index < -0.39 is 0 Å². The van der Waals surface area contributed by atoms with Crippen molar-refractivity contribution in [3.63, 3.8) is 0 Å². The second-order valence-electron chi connectivity index (χ2n) is 4.64. The maximum atomic E-state index is 5.18. The third-order valence-corrected chi connectivity index (χ3v) is 3.85. The number of halogens is 1. The fourth-order valence-electron chi connectivity index (χ4n) is 2.39. The maximum absolute atomic E-state index is 5.18. The lowest BCUT2D eigenvalue weighted by Gasteiger charge is -2.18.